The van der Waals surface area contributed by atoms with E-state index < -0.39 is 30.4 Å². The number of ether oxygens (including phenoxy) is 4. The molecule has 0 amide bonds. The number of rotatable bonds is 3. The monoisotopic (exact) mass is 412 g/mol. The van der Waals surface area contributed by atoms with Gasteiger partial charge in [0.05, 0.1) is 26.4 Å². The zero-order valence-corrected chi connectivity index (χ0v) is 16.2. The van der Waals surface area contributed by atoms with E-state index in [0.29, 0.717) is 19.8 Å². The Morgan fingerprint density at radius 2 is 1.68 bits per heavy atom. The van der Waals surface area contributed by atoms with Crippen LogP contribution in [-0.2, 0) is 23.7 Å². The average Bonchev–Trinajstić information content (AvgIpc) is 3.23. The zero-order valence-electron chi connectivity index (χ0n) is 17.2. The van der Waals surface area contributed by atoms with Crippen LogP contribution in [0.15, 0.2) is 24.3 Å². The van der Waals surface area contributed by atoms with Gasteiger partial charge in [-0.25, -0.2) is 4.79 Å². The molecule has 3 N–H and O–H groups in total. The molecule has 3 rings (SSSR count). The SMILES string of the molecule is C1CCOC1.CCOC(=O)[C@@H]1OCC=C[C@H]1O.OC[C@@H]1OCC=C[C@H]1O.[AlH3].[H-].[Li+]. The third kappa shape index (κ3) is 12.4. The van der Waals surface area contributed by atoms with Crippen LogP contribution in [0.25, 0.3) is 0 Å². The molecule has 1 fully saturated rings. The molecule has 0 radical (unpaired) electrons. The Hall–Kier alpha value is -0.160. The molecule has 3 aliphatic heterocycles. The fourth-order valence-electron chi connectivity index (χ4n) is 2.25. The quantitative estimate of drug-likeness (QED) is 0.244. The molecule has 4 atom stereocenters. The van der Waals surface area contributed by atoms with Gasteiger partial charge >= 0.3 is 24.8 Å². The predicted octanol–water partition coefficient (Wildman–Crippen LogP) is -4.11. The molecule has 158 valence electrons. The van der Waals surface area contributed by atoms with Gasteiger partial charge in [-0.3, -0.25) is 0 Å². The summed E-state index contributed by atoms with van der Waals surface area (Å²) in [5, 5.41) is 26.8. The Morgan fingerprint density at radius 1 is 1.11 bits per heavy atom. The van der Waals surface area contributed by atoms with Crippen LogP contribution in [0.1, 0.15) is 21.2 Å². The first kappa shape index (κ1) is 30.0. The summed E-state index contributed by atoms with van der Waals surface area (Å²) in [5.41, 5.74) is 0. The maximum Gasteiger partial charge on any atom is 1.00 e. The second kappa shape index (κ2) is 18.8. The van der Waals surface area contributed by atoms with Crippen molar-refractivity contribution in [3.63, 3.8) is 0 Å². The number of carbonyl (C=O) groups is 1. The van der Waals surface area contributed by atoms with Gasteiger partial charge in [-0.15, -0.1) is 0 Å². The fraction of sp³-hybridized carbons (Fsp3) is 0.722. The molecule has 3 aliphatic rings. The van der Waals surface area contributed by atoms with Crippen molar-refractivity contribution in [3.8, 4) is 0 Å². The third-order valence-corrected chi connectivity index (χ3v) is 3.66. The van der Waals surface area contributed by atoms with Crippen molar-refractivity contribution in [3.05, 3.63) is 24.3 Å². The average molecular weight is 412 g/mol. The molecule has 0 aliphatic carbocycles. The Bertz CT molecular complexity index is 444. The summed E-state index contributed by atoms with van der Waals surface area (Å²) in [6.07, 6.45) is 6.33. The molecule has 0 unspecified atom stereocenters. The molecule has 0 aromatic heterocycles. The molecule has 8 nitrogen and oxygen atoms in total. The van der Waals surface area contributed by atoms with Gasteiger partial charge in [-0.2, -0.15) is 0 Å². The zero-order chi connectivity index (χ0) is 19.2. The van der Waals surface area contributed by atoms with Crippen molar-refractivity contribution in [1.29, 1.82) is 0 Å². The fourth-order valence-corrected chi connectivity index (χ4v) is 2.25. The van der Waals surface area contributed by atoms with Crippen LogP contribution in [0.4, 0.5) is 0 Å². The Kier molecular flexibility index (Phi) is 20.2. The molecule has 3 heterocycles. The second-order valence-electron chi connectivity index (χ2n) is 5.72. The van der Waals surface area contributed by atoms with Crippen molar-refractivity contribution in [2.75, 3.05) is 39.6 Å². The van der Waals surface area contributed by atoms with Crippen LogP contribution in [0.2, 0.25) is 0 Å². The van der Waals surface area contributed by atoms with Gasteiger partial charge in [0.15, 0.2) is 23.5 Å². The molecule has 0 aromatic rings. The van der Waals surface area contributed by atoms with Gasteiger partial charge in [-0.05, 0) is 19.8 Å². The first-order chi connectivity index (χ1) is 12.6. The second-order valence-corrected chi connectivity index (χ2v) is 5.72. The smallest absolute Gasteiger partial charge is 1.00 e. The molecule has 0 aromatic carbocycles. The Morgan fingerprint density at radius 3 is 2.07 bits per heavy atom. The number of carbonyl (C=O) groups excluding carboxylic acids is 1. The third-order valence-electron chi connectivity index (χ3n) is 3.66. The predicted molar refractivity (Wildman–Crippen MR) is 105 cm³/mol. The maximum atomic E-state index is 11.1. The molecule has 0 saturated carbocycles. The summed E-state index contributed by atoms with van der Waals surface area (Å²) in [5.74, 6) is -0.505. The molecular weight excluding hydrogens is 378 g/mol. The standard InChI is InChI=1S/C8H12O4.C6H10O3.C4H8O.Al.Li.4H/c1-2-11-8(10)7-6(9)4-3-5-12-7;7-4-6-5(8)2-1-3-9-6;1-2-4-5-3-1;;;;;;/h3-4,6-7,9H,2,5H2,1H3;1-2,5-8H,3-4H2;1-4H2;;;;;;/q;;;;+1;;;;-1/t6-,7-;5-,6+;;;;;;;/m11......./s1. The van der Waals surface area contributed by atoms with Crippen molar-refractivity contribution in [2.45, 2.75) is 44.2 Å². The van der Waals surface area contributed by atoms with Crippen molar-refractivity contribution < 1.29 is 59.3 Å². The van der Waals surface area contributed by atoms with E-state index in [1.807, 2.05) is 0 Å². The molecule has 10 heteroatoms. The molecule has 0 spiro atoms. The van der Waals surface area contributed by atoms with E-state index in [1.54, 1.807) is 25.2 Å². The normalized spacial score (nSPS) is 27.7. The number of hydrogen-bond donors (Lipinski definition) is 3. The van der Waals surface area contributed by atoms with E-state index in [-0.39, 0.29) is 44.3 Å². The molecule has 0 bridgehead atoms. The topological polar surface area (TPSA) is 115 Å². The van der Waals surface area contributed by atoms with E-state index in [1.165, 1.54) is 18.9 Å². The summed E-state index contributed by atoms with van der Waals surface area (Å²) in [7, 11) is 0. The molecular formula is C18H34AlLiO8. The van der Waals surface area contributed by atoms with Crippen LogP contribution in [-0.4, -0.2) is 103 Å². The van der Waals surface area contributed by atoms with Gasteiger partial charge in [0.1, 0.15) is 18.3 Å². The number of aliphatic hydroxyl groups excluding tert-OH is 3. The summed E-state index contributed by atoms with van der Waals surface area (Å²) < 4.78 is 19.6. The van der Waals surface area contributed by atoms with Crippen LogP contribution in [0, 0.1) is 0 Å². The van der Waals surface area contributed by atoms with Gasteiger partial charge < -0.3 is 35.7 Å². The Balaban J connectivity index is -0.000000355. The summed E-state index contributed by atoms with van der Waals surface area (Å²) in [6.45, 7) is 4.73. The first-order valence-electron chi connectivity index (χ1n) is 8.88. The van der Waals surface area contributed by atoms with Gasteiger partial charge in [0.2, 0.25) is 0 Å². The molecule has 1 saturated heterocycles. The number of esters is 1. The number of aliphatic hydroxyl groups is 3. The van der Waals surface area contributed by atoms with E-state index in [0.717, 1.165) is 13.2 Å². The first-order valence-corrected chi connectivity index (χ1v) is 8.88. The molecule has 28 heavy (non-hydrogen) atoms. The van der Waals surface area contributed by atoms with Crippen LogP contribution in [0.5, 0.6) is 0 Å². The minimum Gasteiger partial charge on any atom is -1.00 e. The van der Waals surface area contributed by atoms with Crippen molar-refractivity contribution >= 4 is 23.3 Å². The summed E-state index contributed by atoms with van der Waals surface area (Å²) in [6, 6.07) is 0. The van der Waals surface area contributed by atoms with E-state index in [4.69, 9.17) is 29.2 Å². The van der Waals surface area contributed by atoms with E-state index in [9.17, 15) is 9.90 Å². The van der Waals surface area contributed by atoms with Gasteiger partial charge in [-0.1, -0.05) is 24.3 Å². The Labute approximate surface area is 190 Å². The van der Waals surface area contributed by atoms with Crippen molar-refractivity contribution in [1.82, 2.24) is 0 Å². The largest absolute Gasteiger partial charge is 1.00 e. The minimum atomic E-state index is -0.877. The van der Waals surface area contributed by atoms with Crippen molar-refractivity contribution in [2.24, 2.45) is 0 Å². The van der Waals surface area contributed by atoms with Crippen LogP contribution in [0.3, 0.4) is 0 Å². The number of hydrogen-bond acceptors (Lipinski definition) is 8. The van der Waals surface area contributed by atoms with Gasteiger partial charge in [0.25, 0.3) is 0 Å². The summed E-state index contributed by atoms with van der Waals surface area (Å²) >= 11 is 0. The summed E-state index contributed by atoms with van der Waals surface area (Å²) in [4.78, 5) is 11.1. The van der Waals surface area contributed by atoms with Crippen LogP contribution >= 0.6 is 0 Å². The van der Waals surface area contributed by atoms with E-state index >= 15 is 0 Å². The van der Waals surface area contributed by atoms with Gasteiger partial charge in [0, 0.05) is 13.2 Å². The van der Waals surface area contributed by atoms with E-state index in [2.05, 4.69) is 0 Å². The minimum absolute atomic E-state index is 0. The maximum absolute atomic E-state index is 11.1. The van der Waals surface area contributed by atoms with Crippen LogP contribution < -0.4 is 18.9 Å².